The van der Waals surface area contributed by atoms with Gasteiger partial charge >= 0.3 is 0 Å². The van der Waals surface area contributed by atoms with Crippen molar-refractivity contribution < 1.29 is 4.79 Å². The lowest BCUT2D eigenvalue weighted by atomic mass is 10.0. The third-order valence-electron chi connectivity index (χ3n) is 5.35. The summed E-state index contributed by atoms with van der Waals surface area (Å²) in [6.45, 7) is 4.72. The summed E-state index contributed by atoms with van der Waals surface area (Å²) in [5.41, 5.74) is 0. The Balaban J connectivity index is 1.65. The van der Waals surface area contributed by atoms with Gasteiger partial charge in [-0.25, -0.2) is 0 Å². The maximum atomic E-state index is 12.2. The molecule has 1 saturated carbocycles. The van der Waals surface area contributed by atoms with Crippen molar-refractivity contribution >= 4 is 5.91 Å². The first-order valence-corrected chi connectivity index (χ1v) is 8.07. The molecule has 1 amide bonds. The molecule has 3 aliphatic rings. The van der Waals surface area contributed by atoms with Crippen LogP contribution in [0, 0.1) is 5.92 Å². The zero-order valence-corrected chi connectivity index (χ0v) is 12.8. The van der Waals surface area contributed by atoms with E-state index >= 15 is 0 Å². The Bertz CT molecular complexity index is 356. The first kappa shape index (κ1) is 14.3. The summed E-state index contributed by atoms with van der Waals surface area (Å²) in [6, 6.07) is 0.474. The van der Waals surface area contributed by atoms with Crippen molar-refractivity contribution in [1.82, 2.24) is 20.0 Å². The van der Waals surface area contributed by atoms with E-state index < -0.39 is 0 Å². The van der Waals surface area contributed by atoms with Crippen molar-refractivity contribution in [3.8, 4) is 0 Å². The van der Waals surface area contributed by atoms with Gasteiger partial charge in [-0.05, 0) is 32.9 Å². The number of nitrogens with one attached hydrogen (secondary N) is 1. The Kier molecular flexibility index (Phi) is 4.29. The third-order valence-corrected chi connectivity index (χ3v) is 5.35. The second-order valence-electron chi connectivity index (χ2n) is 6.81. The number of carbonyl (C=O) groups is 1. The molecule has 2 aliphatic heterocycles. The van der Waals surface area contributed by atoms with Gasteiger partial charge in [0.05, 0.1) is 12.7 Å². The van der Waals surface area contributed by atoms with Crippen LogP contribution in [0.1, 0.15) is 25.7 Å². The first-order valence-electron chi connectivity index (χ1n) is 8.07. The van der Waals surface area contributed by atoms with Crippen LogP contribution in [0.15, 0.2) is 0 Å². The quantitative estimate of drug-likeness (QED) is 0.800. The molecule has 0 radical (unpaired) electrons. The predicted molar refractivity (Wildman–Crippen MR) is 79.4 cm³/mol. The number of hydrogen-bond acceptors (Lipinski definition) is 4. The van der Waals surface area contributed by atoms with Crippen molar-refractivity contribution in [3.63, 3.8) is 0 Å². The van der Waals surface area contributed by atoms with E-state index in [-0.39, 0.29) is 0 Å². The molecule has 0 aromatic carbocycles. The Morgan fingerprint density at radius 2 is 1.95 bits per heavy atom. The van der Waals surface area contributed by atoms with Crippen LogP contribution in [0.4, 0.5) is 0 Å². The number of likely N-dealkylation sites (N-methyl/N-ethyl adjacent to an activating group) is 2. The van der Waals surface area contributed by atoms with Crippen molar-refractivity contribution in [2.75, 3.05) is 46.8 Å². The van der Waals surface area contributed by atoms with Gasteiger partial charge < -0.3 is 9.80 Å². The molecule has 5 nitrogen and oxygen atoms in total. The molecule has 0 spiro atoms. The standard InChI is InChI=1S/C15H28N4O/c1-17-7-8-18(2)13(10-17)11-19-14(20)9-16-15(19)12-5-3-4-6-12/h12-13,15-16H,3-11H2,1-2H3. The molecule has 114 valence electrons. The Morgan fingerprint density at radius 1 is 1.20 bits per heavy atom. The topological polar surface area (TPSA) is 38.8 Å². The fourth-order valence-corrected chi connectivity index (χ4v) is 3.99. The molecular formula is C15H28N4O. The van der Waals surface area contributed by atoms with E-state index in [1.807, 2.05) is 0 Å². The summed E-state index contributed by atoms with van der Waals surface area (Å²) in [5, 5.41) is 3.46. The normalized spacial score (nSPS) is 34.3. The average molecular weight is 280 g/mol. The lowest BCUT2D eigenvalue weighted by Gasteiger charge is -2.41. The summed E-state index contributed by atoms with van der Waals surface area (Å²) in [4.78, 5) is 19.2. The van der Waals surface area contributed by atoms with Crippen LogP contribution < -0.4 is 5.32 Å². The highest BCUT2D eigenvalue weighted by atomic mass is 16.2. The van der Waals surface area contributed by atoms with Crippen LogP contribution in [-0.4, -0.2) is 79.6 Å². The van der Waals surface area contributed by atoms with Crippen LogP contribution in [0.2, 0.25) is 0 Å². The lowest BCUT2D eigenvalue weighted by Crippen LogP contribution is -2.56. The van der Waals surface area contributed by atoms with Crippen molar-refractivity contribution in [3.05, 3.63) is 0 Å². The highest BCUT2D eigenvalue weighted by molar-refractivity contribution is 5.80. The molecule has 3 rings (SSSR count). The molecule has 2 unspecified atom stereocenters. The summed E-state index contributed by atoms with van der Waals surface area (Å²) in [5.74, 6) is 0.969. The van der Waals surface area contributed by atoms with Gasteiger partial charge in [0, 0.05) is 32.2 Å². The van der Waals surface area contributed by atoms with Gasteiger partial charge in [0.15, 0.2) is 0 Å². The molecule has 1 aliphatic carbocycles. The minimum atomic E-state index is 0.295. The van der Waals surface area contributed by atoms with Gasteiger partial charge in [0.2, 0.25) is 5.91 Å². The van der Waals surface area contributed by atoms with Crippen LogP contribution in [0.5, 0.6) is 0 Å². The van der Waals surface area contributed by atoms with Gasteiger partial charge in [-0.1, -0.05) is 12.8 Å². The molecule has 1 N–H and O–H groups in total. The van der Waals surface area contributed by atoms with E-state index in [0.717, 1.165) is 26.2 Å². The summed E-state index contributed by atoms with van der Waals surface area (Å²) in [7, 11) is 4.37. The number of piperazine rings is 1. The summed E-state index contributed by atoms with van der Waals surface area (Å²) >= 11 is 0. The van der Waals surface area contributed by atoms with E-state index in [9.17, 15) is 4.79 Å². The molecule has 5 heteroatoms. The number of rotatable bonds is 3. The van der Waals surface area contributed by atoms with Gasteiger partial charge in [0.1, 0.15) is 0 Å². The molecule has 20 heavy (non-hydrogen) atoms. The van der Waals surface area contributed by atoms with Crippen LogP contribution in [-0.2, 0) is 4.79 Å². The number of nitrogens with zero attached hydrogens (tertiary/aromatic N) is 3. The van der Waals surface area contributed by atoms with Crippen molar-refractivity contribution in [2.24, 2.45) is 5.92 Å². The van der Waals surface area contributed by atoms with E-state index in [2.05, 4.69) is 34.1 Å². The van der Waals surface area contributed by atoms with Crippen LogP contribution in [0.3, 0.4) is 0 Å². The minimum absolute atomic E-state index is 0.295. The predicted octanol–water partition coefficient (Wildman–Crippen LogP) is 0.180. The van der Waals surface area contributed by atoms with Crippen molar-refractivity contribution in [1.29, 1.82) is 0 Å². The van der Waals surface area contributed by atoms with Gasteiger partial charge in [-0.3, -0.25) is 15.0 Å². The van der Waals surface area contributed by atoms with Crippen LogP contribution in [0.25, 0.3) is 0 Å². The Morgan fingerprint density at radius 3 is 2.70 bits per heavy atom. The van der Waals surface area contributed by atoms with E-state index in [1.54, 1.807) is 0 Å². The zero-order chi connectivity index (χ0) is 14.1. The second-order valence-corrected chi connectivity index (χ2v) is 6.81. The highest BCUT2D eigenvalue weighted by Gasteiger charge is 2.39. The van der Waals surface area contributed by atoms with Gasteiger partial charge in [-0.2, -0.15) is 0 Å². The molecule has 0 aromatic heterocycles. The Hall–Kier alpha value is -0.650. The molecule has 2 heterocycles. The van der Waals surface area contributed by atoms with Gasteiger partial charge in [-0.15, -0.1) is 0 Å². The smallest absolute Gasteiger partial charge is 0.237 e. The van der Waals surface area contributed by atoms with E-state index in [4.69, 9.17) is 0 Å². The lowest BCUT2D eigenvalue weighted by molar-refractivity contribution is -0.129. The maximum Gasteiger partial charge on any atom is 0.237 e. The number of amides is 1. The Labute approximate surface area is 122 Å². The maximum absolute atomic E-state index is 12.2. The largest absolute Gasteiger partial charge is 0.324 e. The number of hydrogen-bond donors (Lipinski definition) is 1. The molecule has 0 bridgehead atoms. The van der Waals surface area contributed by atoms with Crippen molar-refractivity contribution in [2.45, 2.75) is 37.9 Å². The summed E-state index contributed by atoms with van der Waals surface area (Å²) in [6.07, 6.45) is 5.52. The monoisotopic (exact) mass is 280 g/mol. The zero-order valence-electron chi connectivity index (χ0n) is 12.8. The van der Waals surface area contributed by atoms with Crippen LogP contribution >= 0.6 is 0 Å². The first-order chi connectivity index (χ1) is 9.65. The fraction of sp³-hybridized carbons (Fsp3) is 0.933. The molecule has 2 saturated heterocycles. The van der Waals surface area contributed by atoms with Gasteiger partial charge in [0.25, 0.3) is 0 Å². The highest BCUT2D eigenvalue weighted by Crippen LogP contribution is 2.31. The van der Waals surface area contributed by atoms with E-state index in [1.165, 1.54) is 25.7 Å². The molecule has 0 aromatic rings. The fourth-order valence-electron chi connectivity index (χ4n) is 3.99. The molecular weight excluding hydrogens is 252 g/mol. The second kappa shape index (κ2) is 6.00. The number of carbonyl (C=O) groups excluding carboxylic acids is 1. The van der Waals surface area contributed by atoms with E-state index in [0.29, 0.717) is 30.6 Å². The minimum Gasteiger partial charge on any atom is -0.324 e. The molecule has 3 fully saturated rings. The molecule has 2 atom stereocenters. The average Bonchev–Trinajstić information content (AvgIpc) is 3.05. The SMILES string of the molecule is CN1CCN(C)C(CN2C(=O)CNC2C2CCCC2)C1. The summed E-state index contributed by atoms with van der Waals surface area (Å²) < 4.78 is 0. The third kappa shape index (κ3) is 2.85.